The third-order valence-electron chi connectivity index (χ3n) is 4.79. The predicted octanol–water partition coefficient (Wildman–Crippen LogP) is 1.83. The number of aromatic hydroxyl groups is 1. The number of carbonyl (C=O) groups excluding carboxylic acids is 3. The van der Waals surface area contributed by atoms with Crippen LogP contribution in [-0.2, 0) is 14.3 Å². The van der Waals surface area contributed by atoms with Crippen molar-refractivity contribution in [3.05, 3.63) is 60.2 Å². The Morgan fingerprint density at radius 2 is 1.84 bits per heavy atom. The summed E-state index contributed by atoms with van der Waals surface area (Å²) in [6, 6.07) is 14.6. The molecule has 0 bridgehead atoms. The smallest absolute Gasteiger partial charge is 0.354 e. The summed E-state index contributed by atoms with van der Waals surface area (Å²) in [6.07, 6.45) is 0.660. The number of nitrogens with zero attached hydrogens (tertiary/aromatic N) is 2. The van der Waals surface area contributed by atoms with Crippen molar-refractivity contribution in [2.24, 2.45) is 5.10 Å². The maximum Gasteiger partial charge on any atom is 0.354 e. The van der Waals surface area contributed by atoms with E-state index in [1.54, 1.807) is 19.1 Å². The number of esters is 1. The van der Waals surface area contributed by atoms with E-state index in [0.29, 0.717) is 30.8 Å². The molecule has 2 amide bonds. The molecule has 2 aromatic rings. The van der Waals surface area contributed by atoms with E-state index < -0.39 is 12.0 Å². The summed E-state index contributed by atoms with van der Waals surface area (Å²) in [6.45, 7) is 2.64. The summed E-state index contributed by atoms with van der Waals surface area (Å²) in [5.74, 6) is -1.07. The normalized spacial score (nSPS) is 15.1. The van der Waals surface area contributed by atoms with Crippen molar-refractivity contribution in [1.29, 1.82) is 0 Å². The molecule has 0 aromatic heterocycles. The lowest BCUT2D eigenvalue weighted by Gasteiger charge is -2.22. The third-order valence-corrected chi connectivity index (χ3v) is 4.79. The van der Waals surface area contributed by atoms with Crippen molar-refractivity contribution in [3.63, 3.8) is 0 Å². The monoisotopic (exact) mass is 438 g/mol. The number of carbonyl (C=O) groups is 3. The second kappa shape index (κ2) is 10.9. The molecule has 2 aromatic carbocycles. The topological polar surface area (TPSA) is 120 Å². The number of hydrazone groups is 1. The number of nitrogens with one attached hydrogen (secondary N) is 2. The van der Waals surface area contributed by atoms with Gasteiger partial charge in [-0.25, -0.2) is 4.79 Å². The second-order valence-electron chi connectivity index (χ2n) is 7.12. The van der Waals surface area contributed by atoms with Gasteiger partial charge in [0.05, 0.1) is 12.3 Å². The Hall–Kier alpha value is -3.88. The highest BCUT2D eigenvalue weighted by Crippen LogP contribution is 2.25. The Morgan fingerprint density at radius 3 is 2.56 bits per heavy atom. The first-order valence-corrected chi connectivity index (χ1v) is 10.4. The van der Waals surface area contributed by atoms with Crippen molar-refractivity contribution >= 4 is 29.2 Å². The maximum absolute atomic E-state index is 12.8. The van der Waals surface area contributed by atoms with E-state index in [9.17, 15) is 19.5 Å². The summed E-state index contributed by atoms with van der Waals surface area (Å²) in [5.41, 5.74) is 1.27. The highest BCUT2D eigenvalue weighted by Gasteiger charge is 2.36. The molecule has 3 rings (SSSR count). The average molecular weight is 438 g/mol. The summed E-state index contributed by atoms with van der Waals surface area (Å²) < 4.78 is 5.03. The fourth-order valence-corrected chi connectivity index (χ4v) is 3.24. The van der Waals surface area contributed by atoms with E-state index in [-0.39, 0.29) is 36.3 Å². The summed E-state index contributed by atoms with van der Waals surface area (Å²) >= 11 is 0. The van der Waals surface area contributed by atoms with Crippen molar-refractivity contribution in [1.82, 2.24) is 10.6 Å². The number of hydrogen-bond acceptors (Lipinski definition) is 7. The van der Waals surface area contributed by atoms with E-state index in [0.717, 1.165) is 0 Å². The van der Waals surface area contributed by atoms with Gasteiger partial charge in [0.1, 0.15) is 17.5 Å². The van der Waals surface area contributed by atoms with Crippen LogP contribution in [-0.4, -0.2) is 54.3 Å². The quantitative estimate of drug-likeness (QED) is 0.406. The third kappa shape index (κ3) is 5.84. The number of phenols is 1. The van der Waals surface area contributed by atoms with Crippen LogP contribution >= 0.6 is 0 Å². The van der Waals surface area contributed by atoms with Crippen LogP contribution in [0, 0.1) is 0 Å². The fraction of sp³-hybridized carbons (Fsp3) is 0.304. The average Bonchev–Trinajstić information content (AvgIpc) is 3.25. The van der Waals surface area contributed by atoms with Gasteiger partial charge in [-0.1, -0.05) is 24.3 Å². The number of anilines is 1. The Labute approximate surface area is 186 Å². The largest absolute Gasteiger partial charge is 0.508 e. The van der Waals surface area contributed by atoms with Gasteiger partial charge in [0.25, 0.3) is 5.91 Å². The molecule has 1 atom stereocenters. The molecular formula is C23H26N4O5. The first kappa shape index (κ1) is 22.8. The van der Waals surface area contributed by atoms with Crippen molar-refractivity contribution < 1.29 is 24.2 Å². The molecule has 1 aliphatic heterocycles. The predicted molar refractivity (Wildman–Crippen MR) is 119 cm³/mol. The maximum atomic E-state index is 12.8. The summed E-state index contributed by atoms with van der Waals surface area (Å²) in [5, 5.41) is 20.9. The van der Waals surface area contributed by atoms with Crippen LogP contribution in [0.15, 0.2) is 59.7 Å². The number of amides is 2. The van der Waals surface area contributed by atoms with Gasteiger partial charge in [0.15, 0.2) is 0 Å². The van der Waals surface area contributed by atoms with Gasteiger partial charge >= 0.3 is 5.97 Å². The molecule has 0 saturated heterocycles. The van der Waals surface area contributed by atoms with E-state index in [1.165, 1.54) is 17.1 Å². The van der Waals surface area contributed by atoms with E-state index in [2.05, 4.69) is 15.7 Å². The lowest BCUT2D eigenvalue weighted by molar-refractivity contribution is -0.135. The molecule has 1 heterocycles. The van der Waals surface area contributed by atoms with Gasteiger partial charge < -0.3 is 20.5 Å². The van der Waals surface area contributed by atoms with Crippen LogP contribution in [0.1, 0.15) is 30.1 Å². The van der Waals surface area contributed by atoms with Crippen molar-refractivity contribution in [2.45, 2.75) is 25.8 Å². The van der Waals surface area contributed by atoms with Crippen LogP contribution in [0.4, 0.5) is 5.69 Å². The van der Waals surface area contributed by atoms with E-state index in [4.69, 9.17) is 4.74 Å². The molecule has 1 aliphatic rings. The van der Waals surface area contributed by atoms with E-state index >= 15 is 0 Å². The highest BCUT2D eigenvalue weighted by atomic mass is 16.5. The summed E-state index contributed by atoms with van der Waals surface area (Å²) in [4.78, 5) is 37.0. The molecular weight excluding hydrogens is 412 g/mol. The Balaban J connectivity index is 1.52. The van der Waals surface area contributed by atoms with Crippen LogP contribution < -0.4 is 15.6 Å². The van der Waals surface area contributed by atoms with Crippen LogP contribution in [0.3, 0.4) is 0 Å². The minimum Gasteiger partial charge on any atom is -0.508 e. The minimum absolute atomic E-state index is 0.0221. The number of rotatable bonds is 9. The zero-order valence-electron chi connectivity index (χ0n) is 17.8. The lowest BCUT2D eigenvalue weighted by Crippen LogP contribution is -2.43. The number of hydrogen-bond donors (Lipinski definition) is 3. The Bertz CT molecular complexity index is 993. The van der Waals surface area contributed by atoms with Gasteiger partial charge in [-0.05, 0) is 43.7 Å². The first-order valence-electron chi connectivity index (χ1n) is 10.4. The molecule has 3 N–H and O–H groups in total. The van der Waals surface area contributed by atoms with Crippen molar-refractivity contribution in [3.8, 4) is 5.75 Å². The number of phenolic OH excluding ortho intramolecular Hbond substituents is 1. The van der Waals surface area contributed by atoms with Crippen molar-refractivity contribution in [2.75, 3.05) is 24.7 Å². The molecule has 9 heteroatoms. The minimum atomic E-state index is -0.668. The van der Waals surface area contributed by atoms with Gasteiger partial charge in [0.2, 0.25) is 5.91 Å². The second-order valence-corrected chi connectivity index (χ2v) is 7.12. The Morgan fingerprint density at radius 1 is 1.09 bits per heavy atom. The molecule has 168 valence electrons. The zero-order valence-corrected chi connectivity index (χ0v) is 17.8. The standard InChI is InChI=1S/C23H26N4O5/c1-2-32-23(31)19-15-20(27(26-19)17-9-4-3-5-10-17)22(30)25-13-7-12-24-21(29)16-8-6-11-18(28)14-16/h3-6,8-11,14,20,28H,2,7,12-13,15H2,1H3,(H,24,29)(H,25,30). The van der Waals surface area contributed by atoms with Gasteiger partial charge in [-0.2, -0.15) is 5.10 Å². The molecule has 0 spiro atoms. The van der Waals surface area contributed by atoms with Gasteiger partial charge in [0, 0.05) is 25.1 Å². The lowest BCUT2D eigenvalue weighted by atomic mass is 10.1. The van der Waals surface area contributed by atoms with Gasteiger partial charge in [-0.3, -0.25) is 14.6 Å². The molecule has 0 fully saturated rings. The summed E-state index contributed by atoms with van der Waals surface area (Å²) in [7, 11) is 0. The fourth-order valence-electron chi connectivity index (χ4n) is 3.24. The molecule has 0 radical (unpaired) electrons. The number of para-hydroxylation sites is 1. The Kier molecular flexibility index (Phi) is 7.80. The highest BCUT2D eigenvalue weighted by molar-refractivity contribution is 6.38. The number of ether oxygens (including phenoxy) is 1. The SMILES string of the molecule is CCOC(=O)C1=NN(c2ccccc2)C(C(=O)NCCCNC(=O)c2cccc(O)c2)C1. The molecule has 1 unspecified atom stereocenters. The number of benzene rings is 2. The first-order chi connectivity index (χ1) is 15.5. The van der Waals surface area contributed by atoms with Crippen LogP contribution in [0.5, 0.6) is 5.75 Å². The molecule has 32 heavy (non-hydrogen) atoms. The molecule has 0 saturated carbocycles. The molecule has 0 aliphatic carbocycles. The molecule has 9 nitrogen and oxygen atoms in total. The van der Waals surface area contributed by atoms with Crippen LogP contribution in [0.2, 0.25) is 0 Å². The van der Waals surface area contributed by atoms with E-state index in [1.807, 2.05) is 30.3 Å². The van der Waals surface area contributed by atoms with Crippen LogP contribution in [0.25, 0.3) is 0 Å². The van der Waals surface area contributed by atoms with Gasteiger partial charge in [-0.15, -0.1) is 0 Å². The zero-order chi connectivity index (χ0) is 22.9.